The molecule has 6 heteroatoms. The fourth-order valence-electron chi connectivity index (χ4n) is 2.66. The molecule has 24 heavy (non-hydrogen) atoms. The monoisotopic (exact) mass is 319 g/mol. The number of aromatic nitrogens is 4. The molecule has 0 aliphatic rings. The van der Waals surface area contributed by atoms with E-state index in [0.717, 1.165) is 16.8 Å². The molecule has 0 bridgehead atoms. The molecule has 118 valence electrons. The first-order valence-electron chi connectivity index (χ1n) is 7.51. The van der Waals surface area contributed by atoms with Gasteiger partial charge in [-0.1, -0.05) is 30.3 Å². The summed E-state index contributed by atoms with van der Waals surface area (Å²) in [6, 6.07) is 16.2. The highest BCUT2D eigenvalue weighted by molar-refractivity contribution is 5.91. The smallest absolute Gasteiger partial charge is 0.168 e. The Morgan fingerprint density at radius 3 is 2.50 bits per heavy atom. The van der Waals surface area contributed by atoms with Crippen LogP contribution in [0.2, 0.25) is 0 Å². The van der Waals surface area contributed by atoms with Gasteiger partial charge in [0, 0.05) is 5.69 Å². The Morgan fingerprint density at radius 1 is 0.958 bits per heavy atom. The maximum atomic E-state index is 14.1. The van der Waals surface area contributed by atoms with Crippen molar-refractivity contribution in [2.75, 3.05) is 5.32 Å². The molecule has 0 saturated heterocycles. The summed E-state index contributed by atoms with van der Waals surface area (Å²) < 4.78 is 15.7. The topological polar surface area (TPSA) is 55.6 Å². The van der Waals surface area contributed by atoms with E-state index in [1.165, 1.54) is 17.1 Å². The summed E-state index contributed by atoms with van der Waals surface area (Å²) in [7, 11) is 0. The maximum absolute atomic E-state index is 14.1. The highest BCUT2D eigenvalue weighted by Crippen LogP contribution is 2.28. The van der Waals surface area contributed by atoms with E-state index in [1.807, 2.05) is 37.3 Å². The SMILES string of the molecule is Cc1nn(-c2ccccc2F)c2ncnc(Nc3ccccc3)c12. The van der Waals surface area contributed by atoms with Gasteiger partial charge in [-0.05, 0) is 31.2 Å². The normalized spacial score (nSPS) is 10.9. The molecular formula is C18H14FN5. The number of hydrogen-bond donors (Lipinski definition) is 1. The third-order valence-electron chi connectivity index (χ3n) is 3.76. The highest BCUT2D eigenvalue weighted by Gasteiger charge is 2.17. The van der Waals surface area contributed by atoms with Crippen molar-refractivity contribution in [1.82, 2.24) is 19.7 Å². The second-order valence-electron chi connectivity index (χ2n) is 5.36. The van der Waals surface area contributed by atoms with Gasteiger partial charge in [0.2, 0.25) is 0 Å². The van der Waals surface area contributed by atoms with Gasteiger partial charge < -0.3 is 5.32 Å². The van der Waals surface area contributed by atoms with Crippen LogP contribution in [0.4, 0.5) is 15.9 Å². The average Bonchev–Trinajstić information content (AvgIpc) is 2.94. The van der Waals surface area contributed by atoms with Crippen LogP contribution < -0.4 is 5.32 Å². The summed E-state index contributed by atoms with van der Waals surface area (Å²) in [4.78, 5) is 8.63. The number of rotatable bonds is 3. The number of nitrogens with one attached hydrogen (secondary N) is 1. The van der Waals surface area contributed by atoms with Gasteiger partial charge in [-0.15, -0.1) is 0 Å². The lowest BCUT2D eigenvalue weighted by atomic mass is 10.2. The van der Waals surface area contributed by atoms with E-state index in [9.17, 15) is 4.39 Å². The molecule has 2 heterocycles. The van der Waals surface area contributed by atoms with Crippen molar-refractivity contribution >= 4 is 22.5 Å². The number of nitrogens with zero attached hydrogens (tertiary/aromatic N) is 4. The first kappa shape index (κ1) is 14.3. The van der Waals surface area contributed by atoms with E-state index in [0.29, 0.717) is 17.2 Å². The van der Waals surface area contributed by atoms with Crippen molar-refractivity contribution in [3.05, 3.63) is 72.4 Å². The molecule has 0 fully saturated rings. The third kappa shape index (κ3) is 2.38. The molecule has 5 nitrogen and oxygen atoms in total. The Morgan fingerprint density at radius 2 is 1.71 bits per heavy atom. The van der Waals surface area contributed by atoms with Crippen LogP contribution in [0, 0.1) is 12.7 Å². The number of benzene rings is 2. The van der Waals surface area contributed by atoms with Gasteiger partial charge in [0.25, 0.3) is 0 Å². The van der Waals surface area contributed by atoms with Crippen molar-refractivity contribution in [2.45, 2.75) is 6.92 Å². The van der Waals surface area contributed by atoms with E-state index >= 15 is 0 Å². The molecule has 0 saturated carbocycles. The minimum atomic E-state index is -0.349. The van der Waals surface area contributed by atoms with Gasteiger partial charge in [-0.2, -0.15) is 5.10 Å². The van der Waals surface area contributed by atoms with Crippen molar-refractivity contribution < 1.29 is 4.39 Å². The van der Waals surface area contributed by atoms with Crippen LogP contribution in [0.15, 0.2) is 60.9 Å². The molecule has 2 aromatic carbocycles. The maximum Gasteiger partial charge on any atom is 0.168 e. The van der Waals surface area contributed by atoms with Gasteiger partial charge in [-0.3, -0.25) is 0 Å². The zero-order valence-electron chi connectivity index (χ0n) is 12.9. The second kappa shape index (κ2) is 5.73. The Labute approximate surface area is 137 Å². The fourth-order valence-corrected chi connectivity index (χ4v) is 2.66. The quantitative estimate of drug-likeness (QED) is 0.620. The number of anilines is 2. The first-order chi connectivity index (χ1) is 11.7. The summed E-state index contributed by atoms with van der Waals surface area (Å²) in [6.45, 7) is 1.86. The van der Waals surface area contributed by atoms with E-state index in [2.05, 4.69) is 20.4 Å². The van der Waals surface area contributed by atoms with E-state index in [1.54, 1.807) is 18.2 Å². The van der Waals surface area contributed by atoms with Gasteiger partial charge in [0.05, 0.1) is 11.1 Å². The summed E-state index contributed by atoms with van der Waals surface area (Å²) in [5.74, 6) is 0.296. The number of aryl methyl sites for hydroxylation is 1. The Balaban J connectivity index is 1.89. The van der Waals surface area contributed by atoms with E-state index in [-0.39, 0.29) is 5.82 Å². The predicted molar refractivity (Wildman–Crippen MR) is 91.1 cm³/mol. The van der Waals surface area contributed by atoms with Crippen molar-refractivity contribution in [3.63, 3.8) is 0 Å². The van der Waals surface area contributed by atoms with Crippen LogP contribution in [0.3, 0.4) is 0 Å². The highest BCUT2D eigenvalue weighted by atomic mass is 19.1. The lowest BCUT2D eigenvalue weighted by Crippen LogP contribution is -2.01. The Hall–Kier alpha value is -3.28. The molecule has 0 aliphatic heterocycles. The summed E-state index contributed by atoms with van der Waals surface area (Å²) in [5.41, 5.74) is 2.56. The molecular weight excluding hydrogens is 305 g/mol. The number of fused-ring (bicyclic) bond motifs is 1. The second-order valence-corrected chi connectivity index (χ2v) is 5.36. The van der Waals surface area contributed by atoms with Crippen molar-refractivity contribution in [3.8, 4) is 5.69 Å². The fraction of sp³-hybridized carbons (Fsp3) is 0.0556. The van der Waals surface area contributed by atoms with Crippen LogP contribution in [-0.4, -0.2) is 19.7 Å². The molecule has 0 aliphatic carbocycles. The summed E-state index contributed by atoms with van der Waals surface area (Å²) in [5, 5.41) is 8.49. The zero-order valence-corrected chi connectivity index (χ0v) is 12.9. The first-order valence-corrected chi connectivity index (χ1v) is 7.51. The van der Waals surface area contributed by atoms with Crippen LogP contribution in [0.5, 0.6) is 0 Å². The van der Waals surface area contributed by atoms with Gasteiger partial charge in [-0.25, -0.2) is 19.0 Å². The molecule has 1 N–H and O–H groups in total. The van der Waals surface area contributed by atoms with Crippen molar-refractivity contribution in [2.24, 2.45) is 0 Å². The molecule has 0 unspecified atom stereocenters. The minimum absolute atomic E-state index is 0.349. The minimum Gasteiger partial charge on any atom is -0.340 e. The van der Waals surface area contributed by atoms with Crippen LogP contribution >= 0.6 is 0 Å². The lowest BCUT2D eigenvalue weighted by Gasteiger charge is -2.07. The van der Waals surface area contributed by atoms with E-state index < -0.39 is 0 Å². The van der Waals surface area contributed by atoms with Crippen molar-refractivity contribution in [1.29, 1.82) is 0 Å². The van der Waals surface area contributed by atoms with Gasteiger partial charge in [0.1, 0.15) is 23.6 Å². The molecule has 0 atom stereocenters. The number of para-hydroxylation sites is 2. The molecule has 0 radical (unpaired) electrons. The van der Waals surface area contributed by atoms with Crippen LogP contribution in [0.1, 0.15) is 5.69 Å². The Kier molecular flexibility index (Phi) is 3.42. The molecule has 4 rings (SSSR count). The standard InChI is InChI=1S/C18H14FN5/c1-12-16-17(22-13-7-3-2-4-8-13)20-11-21-18(16)24(23-12)15-10-6-5-9-14(15)19/h2-11H,1H3,(H,20,21,22). The predicted octanol–water partition coefficient (Wildman–Crippen LogP) is 4.01. The molecule has 2 aromatic heterocycles. The third-order valence-corrected chi connectivity index (χ3v) is 3.76. The zero-order chi connectivity index (χ0) is 16.5. The van der Waals surface area contributed by atoms with Crippen LogP contribution in [-0.2, 0) is 0 Å². The van der Waals surface area contributed by atoms with Gasteiger partial charge >= 0.3 is 0 Å². The molecule has 4 aromatic rings. The molecule has 0 spiro atoms. The molecule has 0 amide bonds. The van der Waals surface area contributed by atoms with Gasteiger partial charge in [0.15, 0.2) is 5.65 Å². The number of halogens is 1. The summed E-state index contributed by atoms with van der Waals surface area (Å²) >= 11 is 0. The average molecular weight is 319 g/mol. The number of hydrogen-bond acceptors (Lipinski definition) is 4. The van der Waals surface area contributed by atoms with E-state index in [4.69, 9.17) is 0 Å². The summed E-state index contributed by atoms with van der Waals surface area (Å²) in [6.07, 6.45) is 1.45. The lowest BCUT2D eigenvalue weighted by molar-refractivity contribution is 0.612. The van der Waals surface area contributed by atoms with Crippen LogP contribution in [0.25, 0.3) is 16.7 Å². The largest absolute Gasteiger partial charge is 0.340 e. The Bertz CT molecular complexity index is 1010.